The van der Waals surface area contributed by atoms with Crippen LogP contribution in [0.4, 0.5) is 45.5 Å². The van der Waals surface area contributed by atoms with Gasteiger partial charge in [0.1, 0.15) is 59.5 Å². The number of nitrogens with zero attached hydrogens (tertiary/aromatic N) is 1. The molecule has 8 atom stereocenters. The number of epoxide rings is 1. The fraction of sp³-hybridized carbons (Fsp3) is 0.276. The van der Waals surface area contributed by atoms with E-state index in [1.54, 1.807) is 140 Å². The van der Waals surface area contributed by atoms with E-state index in [0.717, 1.165) is 23.5 Å². The number of ether oxygens (including phenoxy) is 1. The minimum atomic E-state index is -1.35. The Morgan fingerprint density at radius 1 is 0.426 bits per heavy atom. The Morgan fingerprint density at radius 3 is 1.23 bits per heavy atom. The van der Waals surface area contributed by atoms with Gasteiger partial charge in [-0.15, -0.1) is 23.5 Å². The van der Waals surface area contributed by atoms with Crippen molar-refractivity contribution in [2.24, 2.45) is 27.9 Å². The lowest BCUT2D eigenvalue weighted by molar-refractivity contribution is -0.142. The van der Waals surface area contributed by atoms with Crippen molar-refractivity contribution in [2.45, 2.75) is 154 Å². The number of rotatable bonds is 49. The highest BCUT2D eigenvalue weighted by molar-refractivity contribution is 7.99. The Kier molecular flexibility index (Phi) is 49.9. The van der Waals surface area contributed by atoms with E-state index in [4.69, 9.17) is 158 Å². The Labute approximate surface area is 899 Å². The number of thioether (sulfide) groups is 2. The minimum absolute atomic E-state index is 0.00567. The number of hydrogen-bond acceptors (Lipinski definition) is 28. The average molecular weight is 2260 g/mol. The number of benzene rings is 8. The Balaban J connectivity index is 0.000000264. The van der Waals surface area contributed by atoms with E-state index in [9.17, 15) is 97.8 Å². The number of unbranched alkanes of at least 4 members (excludes halogenated alkanes) is 2. The summed E-state index contributed by atoms with van der Waals surface area (Å²) in [5.41, 5.74) is 28.8. The summed E-state index contributed by atoms with van der Waals surface area (Å²) in [4.78, 5) is 168. The van der Waals surface area contributed by atoms with Crippen molar-refractivity contribution in [3.63, 3.8) is 0 Å². The Morgan fingerprint density at radius 2 is 0.811 bits per heavy atom. The number of allylic oxidation sites excluding steroid dienone is 6. The number of anilines is 7. The fourth-order valence-corrected chi connectivity index (χ4v) is 18.1. The molecule has 0 saturated carbocycles. The number of phenols is 2. The highest BCUT2D eigenvalue weighted by Crippen LogP contribution is 2.53. The van der Waals surface area contributed by atoms with Crippen molar-refractivity contribution in [1.82, 2.24) is 21.3 Å². The van der Waals surface area contributed by atoms with Crippen molar-refractivity contribution in [2.75, 3.05) is 45.9 Å². The maximum absolute atomic E-state index is 13.2. The highest BCUT2D eigenvalue weighted by Gasteiger charge is 2.59. The largest absolute Gasteiger partial charge is 0.507 e. The summed E-state index contributed by atoms with van der Waals surface area (Å²) in [6.07, 6.45) is 5.95. The normalized spacial score (nSPS) is 14.7. The number of phenolic OH excluding ortho intramolecular Hbond substituents is 2. The van der Waals surface area contributed by atoms with Crippen molar-refractivity contribution in [1.29, 1.82) is 0 Å². The number of alkyl halides is 1. The molecule has 1 heterocycles. The summed E-state index contributed by atoms with van der Waals surface area (Å²) in [5, 5.41) is 127. The summed E-state index contributed by atoms with van der Waals surface area (Å²) < 4.78 is 5.40. The van der Waals surface area contributed by atoms with E-state index in [-0.39, 0.29) is 158 Å². The fourth-order valence-electron chi connectivity index (χ4n) is 13.5. The van der Waals surface area contributed by atoms with Crippen molar-refractivity contribution in [3.8, 4) is 11.5 Å². The van der Waals surface area contributed by atoms with Gasteiger partial charge in [0, 0.05) is 65.3 Å². The second kappa shape index (κ2) is 60.5. The van der Waals surface area contributed by atoms with Crippen LogP contribution in [0.25, 0.3) is 0 Å². The minimum Gasteiger partial charge on any atom is -0.507 e. The predicted molar refractivity (Wildman–Crippen MR) is 565 cm³/mol. The van der Waals surface area contributed by atoms with E-state index in [2.05, 4.69) is 47.5 Å². The number of ketones is 1. The van der Waals surface area contributed by atoms with Crippen molar-refractivity contribution in [3.05, 3.63) is 256 Å². The molecule has 1 saturated heterocycles. The summed E-state index contributed by atoms with van der Waals surface area (Å²) >= 11 is 57.6. The Bertz CT molecular complexity index is 6320. The number of carbonyl (C=O) groups is 14. The molecule has 8 aromatic rings. The standard InChI is InChI=1S/C28H35Cl2N5O9S.C28H36ClN5O9S.C14H11Cl2NO3.C14H9Cl2NO3.C14H11Cl2NO2/c29-15-12-20(36)25(23(30)24(15)34-17-6-2-1-5-14(17)11-22(38)39)45-13-19(33-21(37)9-8-16(32)27(41)42)26(40)35-18(28(43)44)7-3-4-10-31;29-16-8-10-21(25(38)24(16)33-18-6-2-1-5-15(18)13-23(36)37)44-14-20(32-22(35)11-9-17(31)27(40)41)26(39)34-19(28(42)43)7-3-4-12-30;15-9-5-6-11-14(16,20-11)13(9)17-10-4-2-1-3-8(10)7-12(18)19;15-10-6-9(18)7-11(16)14(10)17-12-4-2-1-3-8(12)5-13(19)20;15-10-5-3-6-11(16)14(10)17-12-7-2-1-4-9(12)8-13(18)19/h1-2,5-6,12,16,18-19,34,36H,3-4,7-11,13,31-32H2,(H,33,37)(H,35,40)(H,38,39)(H,41,42)(H,43,44);1-2,5-6,8,10,17,19-20,33,38H,3-4,7,9,11-14,30-31H2,(H,32,35)(H,34,39)(H,36,37)(H,40,41)(H,42,43);1-6,11,17H,7H2,(H,18,19);1-4,6-7H,5H2,(H,19,20);1-7,17H,8H2,(H,18,19). The first-order valence-electron chi connectivity index (χ1n) is 44.5. The quantitative estimate of drug-likeness (QED) is 0.00320. The molecule has 50 heteroatoms. The summed E-state index contributed by atoms with van der Waals surface area (Å²) in [6.45, 7) is 0.683. The molecule has 0 bridgehead atoms. The van der Waals surface area contributed by atoms with Crippen LogP contribution in [0.1, 0.15) is 92.0 Å². The number of carboxylic acid groups (broad SMARTS) is 9. The molecular formula is C98H102Cl9N13O26S2. The molecule has 1 fully saturated rings. The molecule has 8 aromatic carbocycles. The second-order valence-corrected chi connectivity index (χ2v) is 38.1. The molecule has 8 unspecified atom stereocenters. The molecule has 4 amide bonds. The van der Waals surface area contributed by atoms with Crippen LogP contribution < -0.4 is 65.5 Å². The van der Waals surface area contributed by atoms with E-state index >= 15 is 0 Å². The molecule has 790 valence electrons. The third-order valence-electron chi connectivity index (χ3n) is 21.1. The zero-order chi connectivity index (χ0) is 109. The molecule has 3 aliphatic rings. The first-order valence-corrected chi connectivity index (χ1v) is 49.8. The molecule has 0 radical (unpaired) electrons. The number of para-hydroxylation sites is 6. The Hall–Kier alpha value is -12.9. The van der Waals surface area contributed by atoms with Gasteiger partial charge >= 0.3 is 53.7 Å². The molecular weight excluding hydrogens is 2160 g/mol. The van der Waals surface area contributed by atoms with Crippen LogP contribution in [0, 0.1) is 0 Å². The maximum Gasteiger partial charge on any atom is 0.326 e. The summed E-state index contributed by atoms with van der Waals surface area (Å²) in [6, 6.07) is 35.7. The van der Waals surface area contributed by atoms with E-state index in [0.29, 0.717) is 121 Å². The number of fused-ring (bicyclic) bond motifs is 1. The SMILES string of the molecule is NCCCCC(NC(=O)C(CSc1c(O)cc(Cl)c(Nc2ccccc2CC(=O)O)c1Cl)NC(=O)CCC(N)C(=O)O)C(=O)O.NCCCCC(NC(=O)C(CSc1ccc(Cl)c(Nc2ccccc2CC(=O)O)c1O)NC(=O)CCC(N)C(=O)O)C(=O)O.O=C(O)Cc1ccccc1NC1=C(Cl)C=CC2OC12Cl.O=C(O)Cc1ccccc1Nc1c(Cl)cccc1Cl.O=C1C=C(Cl)C(=Nc2ccccc2CC(=O)O)C(Cl)=C1. The van der Waals surface area contributed by atoms with Crippen LogP contribution >= 0.6 is 128 Å². The van der Waals surface area contributed by atoms with Crippen LogP contribution in [-0.2, 0) is 104 Å². The molecule has 39 nitrogen and oxygen atoms in total. The summed E-state index contributed by atoms with van der Waals surface area (Å²) in [7, 11) is 0. The molecule has 0 spiro atoms. The number of carboxylic acids is 9. The molecule has 27 N–H and O–H groups in total. The zero-order valence-corrected chi connectivity index (χ0v) is 86.3. The van der Waals surface area contributed by atoms with Gasteiger partial charge in [-0.25, -0.2) is 14.6 Å². The van der Waals surface area contributed by atoms with Crippen LogP contribution in [0.3, 0.4) is 0 Å². The third kappa shape index (κ3) is 39.3. The van der Waals surface area contributed by atoms with Gasteiger partial charge in [-0.05, 0) is 159 Å². The molecule has 2 aliphatic carbocycles. The number of aliphatic carboxylic acids is 9. The number of carbonyl (C=O) groups excluding carboxylic acids is 5. The molecule has 0 aromatic heterocycles. The van der Waals surface area contributed by atoms with Gasteiger partial charge in [0.2, 0.25) is 28.7 Å². The topological polar surface area (TPSA) is 687 Å². The van der Waals surface area contributed by atoms with Gasteiger partial charge < -0.3 is 126 Å². The van der Waals surface area contributed by atoms with Gasteiger partial charge in [-0.1, -0.05) is 201 Å². The number of aromatic hydroxyl groups is 2. The lowest BCUT2D eigenvalue weighted by atomic mass is 10.1. The van der Waals surface area contributed by atoms with Crippen LogP contribution in [0.2, 0.25) is 25.1 Å². The van der Waals surface area contributed by atoms with Gasteiger partial charge in [0.15, 0.2) is 11.5 Å². The lowest BCUT2D eigenvalue weighted by Gasteiger charge is -2.22. The van der Waals surface area contributed by atoms with E-state index < -0.39 is 119 Å². The molecule has 148 heavy (non-hydrogen) atoms. The maximum atomic E-state index is 13.2. The predicted octanol–water partition coefficient (Wildman–Crippen LogP) is 15.1. The molecule has 1 aliphatic heterocycles. The number of aliphatic imine (C=N–C) groups is 1. The van der Waals surface area contributed by atoms with E-state index in [1.807, 2.05) is 12.1 Å². The molecule has 11 rings (SSSR count). The monoisotopic (exact) mass is 2260 g/mol. The average Bonchev–Trinajstić information content (AvgIpc) is 1.57. The van der Waals surface area contributed by atoms with Gasteiger partial charge in [-0.3, -0.25) is 57.5 Å². The van der Waals surface area contributed by atoms with Crippen molar-refractivity contribution >= 4 is 262 Å². The van der Waals surface area contributed by atoms with Gasteiger partial charge in [-0.2, -0.15) is 0 Å². The number of hydrogen-bond donors (Lipinski definition) is 23. The zero-order valence-electron chi connectivity index (χ0n) is 77.8. The number of nitrogens with two attached hydrogens (primary N) is 4. The van der Waals surface area contributed by atoms with Gasteiger partial charge in [0.25, 0.3) is 0 Å². The van der Waals surface area contributed by atoms with Crippen LogP contribution in [-0.4, -0.2) is 217 Å². The second-order valence-electron chi connectivity index (χ2n) is 32.2. The highest BCUT2D eigenvalue weighted by atomic mass is 35.5. The van der Waals surface area contributed by atoms with Gasteiger partial charge in [0.05, 0.1) is 105 Å². The summed E-state index contributed by atoms with van der Waals surface area (Å²) in [5.74, 6) is -14.5. The third-order valence-corrected chi connectivity index (χ3v) is 26.5. The van der Waals surface area contributed by atoms with Crippen LogP contribution in [0.5, 0.6) is 11.5 Å². The lowest BCUT2D eigenvalue weighted by Crippen LogP contribution is -2.52. The number of amides is 4. The first kappa shape index (κ1) is 122. The van der Waals surface area contributed by atoms with Crippen molar-refractivity contribution < 1.29 is 128 Å². The first-order chi connectivity index (χ1) is 70.1. The van der Waals surface area contributed by atoms with E-state index in [1.165, 1.54) is 30.4 Å². The smallest absolute Gasteiger partial charge is 0.326 e. The van der Waals surface area contributed by atoms with Crippen LogP contribution in [0.15, 0.2) is 218 Å². The number of halogens is 9. The number of nitrogens with one attached hydrogen (secondary N) is 8.